The minimum Gasteiger partial charge on any atom is -0.334 e. The molecule has 0 amide bonds. The number of aryl methyl sites for hydroxylation is 2. The Labute approximate surface area is 101 Å². The van der Waals surface area contributed by atoms with Crippen molar-refractivity contribution in [3.8, 4) is 0 Å². The fourth-order valence-corrected chi connectivity index (χ4v) is 2.05. The summed E-state index contributed by atoms with van der Waals surface area (Å²) in [5, 5.41) is 7.68. The predicted molar refractivity (Wildman–Crippen MR) is 66.6 cm³/mol. The van der Waals surface area contributed by atoms with Crippen molar-refractivity contribution < 1.29 is 0 Å². The Morgan fingerprint density at radius 1 is 1.35 bits per heavy atom. The van der Waals surface area contributed by atoms with Gasteiger partial charge in [-0.1, -0.05) is 6.92 Å². The lowest BCUT2D eigenvalue weighted by atomic mass is 10.2. The van der Waals surface area contributed by atoms with Crippen molar-refractivity contribution in [3.05, 3.63) is 36.2 Å². The van der Waals surface area contributed by atoms with E-state index in [1.54, 1.807) is 0 Å². The van der Waals surface area contributed by atoms with Crippen molar-refractivity contribution in [2.75, 3.05) is 6.54 Å². The first-order valence-corrected chi connectivity index (χ1v) is 6.00. The maximum absolute atomic E-state index is 4.46. The highest BCUT2D eigenvalue weighted by atomic mass is 15.3. The highest BCUT2D eigenvalue weighted by Crippen LogP contribution is 2.19. The van der Waals surface area contributed by atoms with Crippen molar-refractivity contribution in [2.45, 2.75) is 26.4 Å². The van der Waals surface area contributed by atoms with Crippen LogP contribution in [0.1, 0.15) is 31.4 Å². The van der Waals surface area contributed by atoms with Crippen molar-refractivity contribution in [2.24, 2.45) is 7.05 Å². The summed E-state index contributed by atoms with van der Waals surface area (Å²) in [5.41, 5.74) is 1.13. The number of rotatable bonds is 5. The quantitative estimate of drug-likeness (QED) is 0.847. The molecule has 5 heteroatoms. The third kappa shape index (κ3) is 2.24. The molecule has 5 nitrogen and oxygen atoms in total. The zero-order valence-electron chi connectivity index (χ0n) is 10.6. The average molecular weight is 233 g/mol. The molecule has 0 saturated heterocycles. The molecular formula is C12H19N5. The Hall–Kier alpha value is -1.62. The van der Waals surface area contributed by atoms with Gasteiger partial charge in [-0.05, 0) is 19.5 Å². The van der Waals surface area contributed by atoms with Crippen LogP contribution in [0.3, 0.4) is 0 Å². The lowest BCUT2D eigenvalue weighted by Crippen LogP contribution is -2.27. The summed E-state index contributed by atoms with van der Waals surface area (Å²) in [6, 6.07) is 2.13. The van der Waals surface area contributed by atoms with Gasteiger partial charge in [-0.15, -0.1) is 0 Å². The van der Waals surface area contributed by atoms with Gasteiger partial charge in [0.2, 0.25) is 0 Å². The van der Waals surface area contributed by atoms with E-state index in [1.807, 2.05) is 36.4 Å². The van der Waals surface area contributed by atoms with Crippen molar-refractivity contribution in [3.63, 3.8) is 0 Å². The van der Waals surface area contributed by atoms with Gasteiger partial charge in [-0.25, -0.2) is 4.98 Å². The molecule has 2 aromatic heterocycles. The van der Waals surface area contributed by atoms with E-state index >= 15 is 0 Å². The number of hydrogen-bond acceptors (Lipinski definition) is 3. The first-order chi connectivity index (χ1) is 8.27. The highest BCUT2D eigenvalue weighted by Gasteiger charge is 2.20. The molecular weight excluding hydrogens is 214 g/mol. The van der Waals surface area contributed by atoms with Gasteiger partial charge in [0, 0.05) is 32.2 Å². The van der Waals surface area contributed by atoms with Crippen LogP contribution >= 0.6 is 0 Å². The lowest BCUT2D eigenvalue weighted by molar-refractivity contribution is 0.523. The van der Waals surface area contributed by atoms with Crippen LogP contribution in [0.2, 0.25) is 0 Å². The van der Waals surface area contributed by atoms with Crippen molar-refractivity contribution >= 4 is 0 Å². The van der Waals surface area contributed by atoms with Crippen LogP contribution in [0.4, 0.5) is 0 Å². The third-order valence-electron chi connectivity index (χ3n) is 2.91. The van der Waals surface area contributed by atoms with E-state index in [9.17, 15) is 0 Å². The molecule has 2 heterocycles. The van der Waals surface area contributed by atoms with E-state index in [1.165, 1.54) is 0 Å². The van der Waals surface area contributed by atoms with E-state index in [0.29, 0.717) is 0 Å². The average Bonchev–Trinajstić information content (AvgIpc) is 2.94. The third-order valence-corrected chi connectivity index (χ3v) is 2.91. The van der Waals surface area contributed by atoms with Gasteiger partial charge in [0.25, 0.3) is 0 Å². The number of nitrogens with zero attached hydrogens (tertiary/aromatic N) is 4. The zero-order chi connectivity index (χ0) is 12.3. The van der Waals surface area contributed by atoms with Gasteiger partial charge >= 0.3 is 0 Å². The molecule has 17 heavy (non-hydrogen) atoms. The summed E-state index contributed by atoms with van der Waals surface area (Å²) in [6.07, 6.45) is 5.68. The lowest BCUT2D eigenvalue weighted by Gasteiger charge is -2.18. The van der Waals surface area contributed by atoms with Crippen molar-refractivity contribution in [1.82, 2.24) is 24.6 Å². The van der Waals surface area contributed by atoms with Crippen LogP contribution in [0.5, 0.6) is 0 Å². The Kier molecular flexibility index (Phi) is 3.58. The zero-order valence-corrected chi connectivity index (χ0v) is 10.6. The van der Waals surface area contributed by atoms with Gasteiger partial charge in [0.1, 0.15) is 11.9 Å². The molecule has 0 radical (unpaired) electrons. The van der Waals surface area contributed by atoms with E-state index in [-0.39, 0.29) is 6.04 Å². The van der Waals surface area contributed by atoms with Gasteiger partial charge in [0.15, 0.2) is 0 Å². The second kappa shape index (κ2) is 5.14. The summed E-state index contributed by atoms with van der Waals surface area (Å²) >= 11 is 0. The Morgan fingerprint density at radius 2 is 2.18 bits per heavy atom. The second-order valence-corrected chi connectivity index (χ2v) is 3.94. The van der Waals surface area contributed by atoms with E-state index in [4.69, 9.17) is 0 Å². The molecule has 0 bridgehead atoms. The second-order valence-electron chi connectivity index (χ2n) is 3.94. The Balaban J connectivity index is 2.39. The molecule has 0 aliphatic rings. The number of hydrogen-bond donors (Lipinski definition) is 1. The molecule has 0 fully saturated rings. The molecule has 0 spiro atoms. The molecule has 0 aliphatic carbocycles. The SMILES string of the molecule is CCNC(c1nccn1CC)c1ccnn1C. The first-order valence-electron chi connectivity index (χ1n) is 6.00. The molecule has 1 N–H and O–H groups in total. The summed E-state index contributed by atoms with van der Waals surface area (Å²) < 4.78 is 4.04. The summed E-state index contributed by atoms with van der Waals surface area (Å²) in [7, 11) is 1.96. The molecule has 0 saturated carbocycles. The van der Waals surface area contributed by atoms with Crippen LogP contribution in [-0.4, -0.2) is 25.9 Å². The van der Waals surface area contributed by atoms with Gasteiger partial charge in [-0.3, -0.25) is 4.68 Å². The van der Waals surface area contributed by atoms with Gasteiger partial charge < -0.3 is 9.88 Å². The van der Waals surface area contributed by atoms with Crippen LogP contribution in [0.25, 0.3) is 0 Å². The molecule has 92 valence electrons. The highest BCUT2D eigenvalue weighted by molar-refractivity contribution is 5.17. The van der Waals surface area contributed by atoms with E-state index in [2.05, 4.69) is 33.8 Å². The minimum absolute atomic E-state index is 0.0995. The molecule has 0 aromatic carbocycles. The smallest absolute Gasteiger partial charge is 0.132 e. The predicted octanol–water partition coefficient (Wildman–Crippen LogP) is 1.34. The van der Waals surface area contributed by atoms with Crippen LogP contribution in [-0.2, 0) is 13.6 Å². The largest absolute Gasteiger partial charge is 0.334 e. The molecule has 2 aromatic rings. The molecule has 1 atom stereocenters. The number of imidazole rings is 1. The minimum atomic E-state index is 0.0995. The first kappa shape index (κ1) is 11.9. The van der Waals surface area contributed by atoms with Gasteiger partial charge in [-0.2, -0.15) is 5.10 Å². The Bertz CT molecular complexity index is 471. The Morgan fingerprint density at radius 3 is 2.76 bits per heavy atom. The maximum Gasteiger partial charge on any atom is 0.132 e. The number of aromatic nitrogens is 4. The summed E-state index contributed by atoms with van der Waals surface area (Å²) in [4.78, 5) is 4.46. The summed E-state index contributed by atoms with van der Waals surface area (Å²) in [6.45, 7) is 6.04. The van der Waals surface area contributed by atoms with Crippen LogP contribution in [0.15, 0.2) is 24.7 Å². The molecule has 1 unspecified atom stereocenters. The monoisotopic (exact) mass is 233 g/mol. The molecule has 2 rings (SSSR count). The summed E-state index contributed by atoms with van der Waals surface area (Å²) in [5.74, 6) is 1.04. The van der Waals surface area contributed by atoms with Crippen LogP contribution < -0.4 is 5.32 Å². The van der Waals surface area contributed by atoms with Gasteiger partial charge in [0.05, 0.1) is 5.69 Å². The van der Waals surface area contributed by atoms with E-state index in [0.717, 1.165) is 24.6 Å². The fraction of sp³-hybridized carbons (Fsp3) is 0.500. The molecule has 0 aliphatic heterocycles. The topological polar surface area (TPSA) is 47.7 Å². The maximum atomic E-state index is 4.46. The van der Waals surface area contributed by atoms with Crippen molar-refractivity contribution in [1.29, 1.82) is 0 Å². The fourth-order valence-electron chi connectivity index (χ4n) is 2.05. The van der Waals surface area contributed by atoms with E-state index < -0.39 is 0 Å². The normalized spacial score (nSPS) is 12.9. The standard InChI is InChI=1S/C12H19N5/c1-4-13-11(10-6-7-15-16(10)3)12-14-8-9-17(12)5-2/h6-9,11,13H,4-5H2,1-3H3. The van der Waals surface area contributed by atoms with Crippen LogP contribution in [0, 0.1) is 0 Å². The number of nitrogens with one attached hydrogen (secondary N) is 1.